The van der Waals surface area contributed by atoms with Crippen molar-refractivity contribution in [2.24, 2.45) is 5.92 Å². The van der Waals surface area contributed by atoms with E-state index in [2.05, 4.69) is 17.4 Å². The highest BCUT2D eigenvalue weighted by Crippen LogP contribution is 2.42. The van der Waals surface area contributed by atoms with Crippen LogP contribution < -0.4 is 5.32 Å². The number of carbonyl (C=O) groups is 1. The van der Waals surface area contributed by atoms with Crippen molar-refractivity contribution in [1.82, 2.24) is 5.32 Å². The van der Waals surface area contributed by atoms with Gasteiger partial charge in [-0.3, -0.25) is 4.79 Å². The topological polar surface area (TPSA) is 38.3 Å². The minimum atomic E-state index is -0.0535. The molecule has 2 aliphatic heterocycles. The summed E-state index contributed by atoms with van der Waals surface area (Å²) in [6.07, 6.45) is 3.25. The van der Waals surface area contributed by atoms with Gasteiger partial charge in [0.2, 0.25) is 0 Å². The second-order valence-electron chi connectivity index (χ2n) is 5.35. The Morgan fingerprint density at radius 2 is 2.00 bits per heavy atom. The summed E-state index contributed by atoms with van der Waals surface area (Å²) in [6, 6.07) is 11.3. The van der Waals surface area contributed by atoms with Crippen molar-refractivity contribution < 1.29 is 9.53 Å². The van der Waals surface area contributed by atoms with Crippen LogP contribution in [-0.4, -0.2) is 25.2 Å². The lowest BCUT2D eigenvalue weighted by Gasteiger charge is -2.36. The van der Waals surface area contributed by atoms with Gasteiger partial charge in [-0.2, -0.15) is 0 Å². The number of rotatable bonds is 2. The Labute approximate surface area is 120 Å². The number of esters is 1. The fourth-order valence-electron chi connectivity index (χ4n) is 3.59. The number of halogens is 1. The molecule has 0 spiro atoms. The van der Waals surface area contributed by atoms with Crippen molar-refractivity contribution in [1.29, 1.82) is 0 Å². The second kappa shape index (κ2) is 5.93. The SMILES string of the molecule is COC(=O)[C@H]1C[C@H]2CC[C@@H](N2)[C@H]1c1ccccc1.Cl. The van der Waals surface area contributed by atoms with Gasteiger partial charge in [0, 0.05) is 18.0 Å². The normalized spacial score (nSPS) is 32.5. The van der Waals surface area contributed by atoms with E-state index in [0.29, 0.717) is 12.1 Å². The third-order valence-corrected chi connectivity index (χ3v) is 4.37. The second-order valence-corrected chi connectivity index (χ2v) is 5.35. The van der Waals surface area contributed by atoms with E-state index in [0.717, 1.165) is 12.8 Å². The summed E-state index contributed by atoms with van der Waals surface area (Å²) < 4.78 is 5.00. The van der Waals surface area contributed by atoms with E-state index in [1.165, 1.54) is 19.1 Å². The summed E-state index contributed by atoms with van der Waals surface area (Å²) in [5.41, 5.74) is 1.26. The van der Waals surface area contributed by atoms with Gasteiger partial charge < -0.3 is 10.1 Å². The Balaban J connectivity index is 0.00000133. The number of ether oxygens (including phenoxy) is 1. The van der Waals surface area contributed by atoms with Crippen LogP contribution in [0.5, 0.6) is 0 Å². The van der Waals surface area contributed by atoms with E-state index in [4.69, 9.17) is 4.74 Å². The van der Waals surface area contributed by atoms with Crippen molar-refractivity contribution in [2.45, 2.75) is 37.3 Å². The Morgan fingerprint density at radius 1 is 1.26 bits per heavy atom. The average molecular weight is 282 g/mol. The first-order valence-electron chi connectivity index (χ1n) is 6.68. The lowest BCUT2D eigenvalue weighted by molar-refractivity contribution is -0.147. The molecule has 2 fully saturated rings. The first-order chi connectivity index (χ1) is 8.79. The molecule has 1 N–H and O–H groups in total. The number of benzene rings is 1. The summed E-state index contributed by atoms with van der Waals surface area (Å²) in [5, 5.41) is 3.64. The summed E-state index contributed by atoms with van der Waals surface area (Å²) in [4.78, 5) is 12.0. The Morgan fingerprint density at radius 3 is 2.68 bits per heavy atom. The van der Waals surface area contributed by atoms with E-state index in [-0.39, 0.29) is 30.2 Å². The van der Waals surface area contributed by atoms with Crippen LogP contribution in [0.2, 0.25) is 0 Å². The quantitative estimate of drug-likeness (QED) is 0.847. The summed E-state index contributed by atoms with van der Waals surface area (Å²) >= 11 is 0. The summed E-state index contributed by atoms with van der Waals surface area (Å²) in [7, 11) is 1.49. The molecule has 19 heavy (non-hydrogen) atoms. The molecule has 104 valence electrons. The monoisotopic (exact) mass is 281 g/mol. The van der Waals surface area contributed by atoms with Gasteiger partial charge >= 0.3 is 5.97 Å². The number of fused-ring (bicyclic) bond motifs is 2. The standard InChI is InChI=1S/C15H19NO2.ClH/c1-18-15(17)12-9-11-7-8-13(16-11)14(12)10-5-3-2-4-6-10;/h2-6,11-14,16H,7-9H2,1H3;1H/t11-,12+,13-,14+;/m1./s1. The molecule has 4 heteroatoms. The molecule has 0 amide bonds. The molecular formula is C15H20ClNO2. The highest BCUT2D eigenvalue weighted by atomic mass is 35.5. The lowest BCUT2D eigenvalue weighted by atomic mass is 9.77. The molecule has 1 aromatic carbocycles. The molecule has 0 saturated carbocycles. The molecule has 0 unspecified atom stereocenters. The molecule has 0 aliphatic carbocycles. The Hall–Kier alpha value is -1.06. The molecule has 1 aromatic rings. The molecule has 0 aromatic heterocycles. The van der Waals surface area contributed by atoms with Gasteiger partial charge in [-0.05, 0) is 24.8 Å². The largest absolute Gasteiger partial charge is 0.469 e. The predicted octanol–water partition coefficient (Wildman–Crippen LogP) is 2.51. The van der Waals surface area contributed by atoms with E-state index in [1.807, 2.05) is 18.2 Å². The van der Waals surface area contributed by atoms with Gasteiger partial charge in [0.1, 0.15) is 0 Å². The van der Waals surface area contributed by atoms with Crippen LogP contribution in [0, 0.1) is 5.92 Å². The molecule has 2 saturated heterocycles. The smallest absolute Gasteiger partial charge is 0.309 e. The zero-order chi connectivity index (χ0) is 12.5. The minimum absolute atomic E-state index is 0. The van der Waals surface area contributed by atoms with Crippen LogP contribution in [-0.2, 0) is 9.53 Å². The maximum Gasteiger partial charge on any atom is 0.309 e. The third-order valence-electron chi connectivity index (χ3n) is 4.37. The van der Waals surface area contributed by atoms with E-state index < -0.39 is 0 Å². The number of methoxy groups -OCH3 is 1. The van der Waals surface area contributed by atoms with Crippen LogP contribution in [0.1, 0.15) is 30.7 Å². The van der Waals surface area contributed by atoms with Gasteiger partial charge in [-0.1, -0.05) is 30.3 Å². The predicted molar refractivity (Wildman–Crippen MR) is 76.5 cm³/mol. The van der Waals surface area contributed by atoms with Crippen molar-refractivity contribution >= 4 is 18.4 Å². The zero-order valence-electron chi connectivity index (χ0n) is 11.0. The van der Waals surface area contributed by atoms with Crippen molar-refractivity contribution in [3.63, 3.8) is 0 Å². The lowest BCUT2D eigenvalue weighted by Crippen LogP contribution is -2.46. The fourth-order valence-corrected chi connectivity index (χ4v) is 3.59. The van der Waals surface area contributed by atoms with E-state index >= 15 is 0 Å². The third kappa shape index (κ3) is 2.63. The fraction of sp³-hybridized carbons (Fsp3) is 0.533. The van der Waals surface area contributed by atoms with Gasteiger partial charge in [0.05, 0.1) is 13.0 Å². The summed E-state index contributed by atoms with van der Waals surface area (Å²) in [5.74, 6) is 0.218. The molecule has 3 nitrogen and oxygen atoms in total. The van der Waals surface area contributed by atoms with Crippen LogP contribution in [0.4, 0.5) is 0 Å². The highest BCUT2D eigenvalue weighted by molar-refractivity contribution is 5.85. The number of piperidine rings is 1. The minimum Gasteiger partial charge on any atom is -0.469 e. The van der Waals surface area contributed by atoms with Crippen LogP contribution in [0.15, 0.2) is 30.3 Å². The van der Waals surface area contributed by atoms with Crippen molar-refractivity contribution in [3.05, 3.63) is 35.9 Å². The Kier molecular flexibility index (Phi) is 4.48. The zero-order valence-corrected chi connectivity index (χ0v) is 11.9. The van der Waals surface area contributed by atoms with Crippen LogP contribution in [0.25, 0.3) is 0 Å². The molecule has 3 rings (SSSR count). The molecule has 2 bridgehead atoms. The molecule has 0 radical (unpaired) electrons. The first-order valence-corrected chi connectivity index (χ1v) is 6.68. The Bertz CT molecular complexity index is 437. The first kappa shape index (κ1) is 14.4. The summed E-state index contributed by atoms with van der Waals surface area (Å²) in [6.45, 7) is 0. The number of carbonyl (C=O) groups excluding carboxylic acids is 1. The van der Waals surface area contributed by atoms with Crippen molar-refractivity contribution in [2.75, 3.05) is 7.11 Å². The van der Waals surface area contributed by atoms with Gasteiger partial charge in [-0.25, -0.2) is 0 Å². The van der Waals surface area contributed by atoms with Gasteiger partial charge in [0.15, 0.2) is 0 Å². The molecule has 2 aliphatic rings. The van der Waals surface area contributed by atoms with E-state index in [1.54, 1.807) is 0 Å². The molecule has 4 atom stereocenters. The highest BCUT2D eigenvalue weighted by Gasteiger charge is 2.45. The maximum atomic E-state index is 12.0. The van der Waals surface area contributed by atoms with Crippen LogP contribution >= 0.6 is 12.4 Å². The molecule has 2 heterocycles. The number of hydrogen-bond acceptors (Lipinski definition) is 3. The average Bonchev–Trinajstić information content (AvgIpc) is 2.80. The van der Waals surface area contributed by atoms with Gasteiger partial charge in [-0.15, -0.1) is 12.4 Å². The number of nitrogens with one attached hydrogen (secondary N) is 1. The van der Waals surface area contributed by atoms with Crippen molar-refractivity contribution in [3.8, 4) is 0 Å². The van der Waals surface area contributed by atoms with E-state index in [9.17, 15) is 4.79 Å². The molecular weight excluding hydrogens is 262 g/mol. The number of hydrogen-bond donors (Lipinski definition) is 1. The maximum absolute atomic E-state index is 12.0. The van der Waals surface area contributed by atoms with Crippen LogP contribution in [0.3, 0.4) is 0 Å². The van der Waals surface area contributed by atoms with Gasteiger partial charge in [0.25, 0.3) is 0 Å².